The Kier molecular flexibility index (Phi) is 3.64. The van der Waals surface area contributed by atoms with Crippen molar-refractivity contribution in [2.75, 3.05) is 5.75 Å². The lowest BCUT2D eigenvalue weighted by molar-refractivity contribution is 0.365. The molecular weight excluding hydrogens is 210 g/mol. The molecule has 2 atom stereocenters. The molecule has 2 unspecified atom stereocenters. The van der Waals surface area contributed by atoms with Crippen molar-refractivity contribution in [3.63, 3.8) is 0 Å². The van der Waals surface area contributed by atoms with E-state index in [1.807, 2.05) is 11.8 Å². The summed E-state index contributed by atoms with van der Waals surface area (Å²) in [6.07, 6.45) is 4.35. The number of thioether (sulfide) groups is 1. The van der Waals surface area contributed by atoms with E-state index >= 15 is 0 Å². The lowest BCUT2D eigenvalue weighted by Crippen LogP contribution is -2.11. The number of nitrogens with two attached hydrogens (primary N) is 1. The van der Waals surface area contributed by atoms with Crippen LogP contribution in [0.4, 0.5) is 0 Å². The Balaban J connectivity index is 2.02. The van der Waals surface area contributed by atoms with Gasteiger partial charge in [0.25, 0.3) is 0 Å². The maximum Gasteiger partial charge on any atom is 0.239 e. The van der Waals surface area contributed by atoms with Crippen LogP contribution >= 0.6 is 11.8 Å². The third kappa shape index (κ3) is 2.52. The predicted octanol–water partition coefficient (Wildman–Crippen LogP) is 2.44. The average molecular weight is 227 g/mol. The molecule has 0 bridgehead atoms. The molecule has 1 aliphatic heterocycles. The standard InChI is InChI=1S/C10H17N3OS/c1-2-4-7(11)9-12-10(14-13-9)8-5-3-6-15-8/h7-8H,2-6,11H2,1H3. The van der Waals surface area contributed by atoms with Crippen molar-refractivity contribution in [1.29, 1.82) is 0 Å². The highest BCUT2D eigenvalue weighted by molar-refractivity contribution is 7.99. The summed E-state index contributed by atoms with van der Waals surface area (Å²) in [4.78, 5) is 4.39. The van der Waals surface area contributed by atoms with Crippen LogP contribution in [-0.4, -0.2) is 15.9 Å². The minimum absolute atomic E-state index is 0.0705. The molecule has 2 N–H and O–H groups in total. The van der Waals surface area contributed by atoms with Gasteiger partial charge in [-0.05, 0) is 25.0 Å². The highest BCUT2D eigenvalue weighted by atomic mass is 32.2. The van der Waals surface area contributed by atoms with Crippen LogP contribution in [0.25, 0.3) is 0 Å². The monoisotopic (exact) mass is 227 g/mol. The Morgan fingerprint density at radius 2 is 2.53 bits per heavy atom. The second-order valence-electron chi connectivity index (χ2n) is 3.89. The molecule has 5 heteroatoms. The molecule has 0 aromatic carbocycles. The molecular formula is C10H17N3OS. The fraction of sp³-hybridized carbons (Fsp3) is 0.800. The molecule has 0 radical (unpaired) electrons. The van der Waals surface area contributed by atoms with Gasteiger partial charge in [0.15, 0.2) is 5.82 Å². The van der Waals surface area contributed by atoms with Crippen LogP contribution in [0.1, 0.15) is 55.6 Å². The fourth-order valence-electron chi connectivity index (χ4n) is 1.74. The van der Waals surface area contributed by atoms with E-state index in [-0.39, 0.29) is 6.04 Å². The summed E-state index contributed by atoms with van der Waals surface area (Å²) in [6.45, 7) is 2.10. The van der Waals surface area contributed by atoms with Crippen molar-refractivity contribution in [1.82, 2.24) is 10.1 Å². The second kappa shape index (κ2) is 4.99. The number of hydrogen-bond acceptors (Lipinski definition) is 5. The van der Waals surface area contributed by atoms with Crippen molar-refractivity contribution < 1.29 is 4.52 Å². The first kappa shape index (κ1) is 11.0. The van der Waals surface area contributed by atoms with Crippen molar-refractivity contribution in [2.24, 2.45) is 5.73 Å². The molecule has 1 aromatic rings. The van der Waals surface area contributed by atoms with Gasteiger partial charge in [0, 0.05) is 0 Å². The zero-order valence-electron chi connectivity index (χ0n) is 8.98. The van der Waals surface area contributed by atoms with Gasteiger partial charge in [-0.1, -0.05) is 18.5 Å². The zero-order chi connectivity index (χ0) is 10.7. The van der Waals surface area contributed by atoms with Crippen LogP contribution in [0.15, 0.2) is 4.52 Å². The van der Waals surface area contributed by atoms with Gasteiger partial charge in [0.2, 0.25) is 5.89 Å². The summed E-state index contributed by atoms with van der Waals surface area (Å²) in [7, 11) is 0. The van der Waals surface area contributed by atoms with Crippen LogP contribution in [0.5, 0.6) is 0 Å². The predicted molar refractivity (Wildman–Crippen MR) is 60.6 cm³/mol. The molecule has 4 nitrogen and oxygen atoms in total. The Bertz CT molecular complexity index is 309. The van der Waals surface area contributed by atoms with E-state index in [0.29, 0.717) is 11.1 Å². The summed E-state index contributed by atoms with van der Waals surface area (Å²) in [5.74, 6) is 2.63. The third-order valence-electron chi connectivity index (χ3n) is 2.59. The number of aromatic nitrogens is 2. The van der Waals surface area contributed by atoms with E-state index in [1.54, 1.807) is 0 Å². The SMILES string of the molecule is CCCC(N)c1noc(C2CCCS2)n1. The van der Waals surface area contributed by atoms with Gasteiger partial charge in [-0.25, -0.2) is 0 Å². The molecule has 1 aliphatic rings. The maximum atomic E-state index is 5.93. The van der Waals surface area contributed by atoms with Gasteiger partial charge in [0.1, 0.15) is 0 Å². The smallest absolute Gasteiger partial charge is 0.239 e. The van der Waals surface area contributed by atoms with E-state index in [9.17, 15) is 0 Å². The van der Waals surface area contributed by atoms with Crippen molar-refractivity contribution in [3.05, 3.63) is 11.7 Å². The molecule has 2 rings (SSSR count). The molecule has 0 amide bonds. The van der Waals surface area contributed by atoms with Gasteiger partial charge in [-0.2, -0.15) is 4.98 Å². The van der Waals surface area contributed by atoms with Gasteiger partial charge in [0.05, 0.1) is 11.3 Å². The van der Waals surface area contributed by atoms with Gasteiger partial charge in [-0.3, -0.25) is 0 Å². The topological polar surface area (TPSA) is 64.9 Å². The Labute approximate surface area is 94.0 Å². The third-order valence-corrected chi connectivity index (χ3v) is 3.96. The normalized spacial score (nSPS) is 23.2. The quantitative estimate of drug-likeness (QED) is 0.855. The molecule has 1 fully saturated rings. The molecule has 15 heavy (non-hydrogen) atoms. The number of nitrogens with zero attached hydrogens (tertiary/aromatic N) is 2. The molecule has 1 aromatic heterocycles. The summed E-state index contributed by atoms with van der Waals surface area (Å²) < 4.78 is 5.25. The summed E-state index contributed by atoms with van der Waals surface area (Å²) in [5.41, 5.74) is 5.93. The second-order valence-corrected chi connectivity index (χ2v) is 5.20. The van der Waals surface area contributed by atoms with Crippen LogP contribution in [0.2, 0.25) is 0 Å². The summed E-state index contributed by atoms with van der Waals surface area (Å²) >= 11 is 1.90. The van der Waals surface area contributed by atoms with E-state index in [0.717, 1.165) is 25.2 Å². The lowest BCUT2D eigenvalue weighted by Gasteiger charge is -2.03. The summed E-state index contributed by atoms with van der Waals surface area (Å²) in [5, 5.41) is 4.36. The lowest BCUT2D eigenvalue weighted by atomic mass is 10.2. The largest absolute Gasteiger partial charge is 0.338 e. The van der Waals surface area contributed by atoms with E-state index < -0.39 is 0 Å². The molecule has 0 saturated carbocycles. The average Bonchev–Trinajstić information content (AvgIpc) is 2.89. The molecule has 0 aliphatic carbocycles. The van der Waals surface area contributed by atoms with Crippen molar-refractivity contribution in [2.45, 2.75) is 43.9 Å². The Hall–Kier alpha value is -0.550. The van der Waals surface area contributed by atoms with E-state index in [4.69, 9.17) is 10.3 Å². The molecule has 2 heterocycles. The molecule has 1 saturated heterocycles. The van der Waals surface area contributed by atoms with Crippen LogP contribution in [0, 0.1) is 0 Å². The highest BCUT2D eigenvalue weighted by Crippen LogP contribution is 2.39. The first-order valence-corrected chi connectivity index (χ1v) is 6.56. The highest BCUT2D eigenvalue weighted by Gasteiger charge is 2.24. The van der Waals surface area contributed by atoms with Gasteiger partial charge < -0.3 is 10.3 Å². The van der Waals surface area contributed by atoms with Crippen LogP contribution in [0.3, 0.4) is 0 Å². The Morgan fingerprint density at radius 3 is 3.20 bits per heavy atom. The van der Waals surface area contributed by atoms with E-state index in [2.05, 4.69) is 17.1 Å². The fourth-order valence-corrected chi connectivity index (χ4v) is 2.93. The summed E-state index contributed by atoms with van der Waals surface area (Å²) in [6, 6.07) is -0.0705. The van der Waals surface area contributed by atoms with Crippen molar-refractivity contribution in [3.8, 4) is 0 Å². The molecule has 0 spiro atoms. The minimum atomic E-state index is -0.0705. The maximum absolute atomic E-state index is 5.93. The van der Waals surface area contributed by atoms with Gasteiger partial charge >= 0.3 is 0 Å². The first-order valence-electron chi connectivity index (χ1n) is 5.52. The number of hydrogen-bond donors (Lipinski definition) is 1. The molecule has 84 valence electrons. The Morgan fingerprint density at radius 1 is 1.67 bits per heavy atom. The van der Waals surface area contributed by atoms with Crippen molar-refractivity contribution >= 4 is 11.8 Å². The first-order chi connectivity index (χ1) is 7.31. The minimum Gasteiger partial charge on any atom is -0.338 e. The number of rotatable bonds is 4. The zero-order valence-corrected chi connectivity index (χ0v) is 9.80. The van der Waals surface area contributed by atoms with Crippen LogP contribution in [-0.2, 0) is 0 Å². The van der Waals surface area contributed by atoms with Gasteiger partial charge in [-0.15, -0.1) is 11.8 Å². The van der Waals surface area contributed by atoms with Crippen LogP contribution < -0.4 is 5.73 Å². The van der Waals surface area contributed by atoms with E-state index in [1.165, 1.54) is 12.2 Å².